The Bertz CT molecular complexity index is 459. The van der Waals surface area contributed by atoms with E-state index in [1.54, 1.807) is 0 Å². The second-order valence-electron chi connectivity index (χ2n) is 5.87. The molecule has 0 radical (unpaired) electrons. The fourth-order valence-electron chi connectivity index (χ4n) is 2.69. The van der Waals surface area contributed by atoms with E-state index in [1.165, 1.54) is 0 Å². The molecule has 5 heteroatoms. The fourth-order valence-corrected chi connectivity index (χ4v) is 2.98. The van der Waals surface area contributed by atoms with Gasteiger partial charge in [-0.3, -0.25) is 4.90 Å². The molecule has 1 fully saturated rings. The van der Waals surface area contributed by atoms with Crippen LogP contribution in [0.2, 0.25) is 5.02 Å². The van der Waals surface area contributed by atoms with Gasteiger partial charge in [0.25, 0.3) is 0 Å². The van der Waals surface area contributed by atoms with Crippen LogP contribution in [0, 0.1) is 6.92 Å². The number of aryl methyl sites for hydroxylation is 1. The number of halogens is 1. The minimum Gasteiger partial charge on any atom is -0.489 e. The molecular weight excluding hydrogens is 290 g/mol. The molecule has 4 nitrogen and oxygen atoms in total. The molecule has 1 aromatic carbocycles. The summed E-state index contributed by atoms with van der Waals surface area (Å²) < 4.78 is 11.3. The summed E-state index contributed by atoms with van der Waals surface area (Å²) in [6, 6.07) is 5.64. The molecule has 0 aliphatic carbocycles. The van der Waals surface area contributed by atoms with E-state index in [9.17, 15) is 5.11 Å². The van der Waals surface area contributed by atoms with Gasteiger partial charge in [0.1, 0.15) is 18.5 Å². The van der Waals surface area contributed by atoms with Gasteiger partial charge in [-0.25, -0.2) is 0 Å². The second-order valence-corrected chi connectivity index (χ2v) is 6.28. The van der Waals surface area contributed by atoms with Crippen LogP contribution in [0.5, 0.6) is 5.75 Å². The highest BCUT2D eigenvalue weighted by Gasteiger charge is 2.24. The van der Waals surface area contributed by atoms with Crippen molar-refractivity contribution in [2.45, 2.75) is 39.1 Å². The monoisotopic (exact) mass is 313 g/mol. The Balaban J connectivity index is 1.80. The summed E-state index contributed by atoms with van der Waals surface area (Å²) in [5.41, 5.74) is 1.09. The van der Waals surface area contributed by atoms with Crippen molar-refractivity contribution in [3.05, 3.63) is 28.8 Å². The van der Waals surface area contributed by atoms with E-state index >= 15 is 0 Å². The average Bonchev–Trinajstić information content (AvgIpc) is 2.36. The smallest absolute Gasteiger partial charge is 0.138 e. The van der Waals surface area contributed by atoms with Crippen LogP contribution in [-0.4, -0.2) is 54.6 Å². The van der Waals surface area contributed by atoms with Gasteiger partial charge < -0.3 is 14.6 Å². The Morgan fingerprint density at radius 1 is 1.38 bits per heavy atom. The van der Waals surface area contributed by atoms with Gasteiger partial charge in [0, 0.05) is 19.6 Å². The standard InChI is InChI=1S/C16H24ClNO3/c1-11-4-5-16(15(17)6-11)20-10-14(19)9-18-7-12(2)21-13(3)8-18/h4-6,12-14,19H,7-10H2,1-3H3. The summed E-state index contributed by atoms with van der Waals surface area (Å²) in [6.45, 7) is 8.59. The predicted octanol–water partition coefficient (Wildman–Crippen LogP) is 2.50. The maximum atomic E-state index is 10.1. The minimum absolute atomic E-state index is 0.202. The number of aliphatic hydroxyl groups is 1. The van der Waals surface area contributed by atoms with Gasteiger partial charge in [0.15, 0.2) is 0 Å². The summed E-state index contributed by atoms with van der Waals surface area (Å²) in [5.74, 6) is 0.616. The third-order valence-electron chi connectivity index (χ3n) is 3.48. The maximum Gasteiger partial charge on any atom is 0.138 e. The highest BCUT2D eigenvalue weighted by molar-refractivity contribution is 6.32. The molecule has 3 unspecified atom stereocenters. The first-order valence-corrected chi connectivity index (χ1v) is 7.76. The summed E-state index contributed by atoms with van der Waals surface area (Å²) in [4.78, 5) is 2.21. The van der Waals surface area contributed by atoms with Gasteiger partial charge in [-0.2, -0.15) is 0 Å². The highest BCUT2D eigenvalue weighted by atomic mass is 35.5. The van der Waals surface area contributed by atoms with Crippen LogP contribution >= 0.6 is 11.6 Å². The third kappa shape index (κ3) is 5.15. The van der Waals surface area contributed by atoms with Crippen molar-refractivity contribution in [1.82, 2.24) is 4.90 Å². The number of ether oxygens (including phenoxy) is 2. The molecule has 1 saturated heterocycles. The van der Waals surface area contributed by atoms with Crippen LogP contribution in [0.1, 0.15) is 19.4 Å². The first-order valence-electron chi connectivity index (χ1n) is 7.39. The molecule has 0 spiro atoms. The van der Waals surface area contributed by atoms with E-state index in [4.69, 9.17) is 21.1 Å². The number of rotatable bonds is 5. The summed E-state index contributed by atoms with van der Waals surface area (Å²) in [6.07, 6.45) is -0.137. The van der Waals surface area contributed by atoms with Gasteiger partial charge in [0.2, 0.25) is 0 Å². The average molecular weight is 314 g/mol. The Morgan fingerprint density at radius 2 is 2.05 bits per heavy atom. The molecule has 21 heavy (non-hydrogen) atoms. The highest BCUT2D eigenvalue weighted by Crippen LogP contribution is 2.25. The van der Waals surface area contributed by atoms with Gasteiger partial charge >= 0.3 is 0 Å². The topological polar surface area (TPSA) is 41.9 Å². The van der Waals surface area contributed by atoms with E-state index in [0.29, 0.717) is 17.3 Å². The lowest BCUT2D eigenvalue weighted by molar-refractivity contribution is -0.0786. The molecule has 0 amide bonds. The largest absolute Gasteiger partial charge is 0.489 e. The number of benzene rings is 1. The lowest BCUT2D eigenvalue weighted by atomic mass is 10.2. The van der Waals surface area contributed by atoms with E-state index in [2.05, 4.69) is 18.7 Å². The number of aliphatic hydroxyl groups excluding tert-OH is 1. The molecule has 3 atom stereocenters. The molecule has 1 aliphatic rings. The number of hydrogen-bond acceptors (Lipinski definition) is 4. The second kappa shape index (κ2) is 7.45. The Kier molecular flexibility index (Phi) is 5.88. The summed E-state index contributed by atoms with van der Waals surface area (Å²) in [7, 11) is 0. The third-order valence-corrected chi connectivity index (χ3v) is 3.78. The zero-order valence-electron chi connectivity index (χ0n) is 12.9. The van der Waals surface area contributed by atoms with Crippen molar-refractivity contribution in [2.24, 2.45) is 0 Å². The Hall–Kier alpha value is -0.810. The molecule has 0 aromatic heterocycles. The quantitative estimate of drug-likeness (QED) is 0.907. The normalized spacial score (nSPS) is 24.8. The van der Waals surface area contributed by atoms with Crippen molar-refractivity contribution in [2.75, 3.05) is 26.2 Å². The van der Waals surface area contributed by atoms with E-state index < -0.39 is 6.10 Å². The van der Waals surface area contributed by atoms with Gasteiger partial charge in [-0.15, -0.1) is 0 Å². The molecule has 1 aliphatic heterocycles. The van der Waals surface area contributed by atoms with Crippen molar-refractivity contribution in [3.63, 3.8) is 0 Å². The van der Waals surface area contributed by atoms with Crippen molar-refractivity contribution < 1.29 is 14.6 Å². The fraction of sp³-hybridized carbons (Fsp3) is 0.625. The molecule has 118 valence electrons. The molecule has 1 N–H and O–H groups in total. The summed E-state index contributed by atoms with van der Waals surface area (Å²) >= 11 is 6.11. The number of hydrogen-bond donors (Lipinski definition) is 1. The first-order chi connectivity index (χ1) is 9.94. The molecule has 2 rings (SSSR count). The van der Waals surface area contributed by atoms with Crippen molar-refractivity contribution >= 4 is 11.6 Å². The van der Waals surface area contributed by atoms with E-state index in [0.717, 1.165) is 18.7 Å². The lowest BCUT2D eigenvalue weighted by Crippen LogP contribution is -2.48. The van der Waals surface area contributed by atoms with Gasteiger partial charge in [0.05, 0.1) is 17.2 Å². The zero-order valence-corrected chi connectivity index (χ0v) is 13.6. The minimum atomic E-state index is -0.542. The Morgan fingerprint density at radius 3 is 2.67 bits per heavy atom. The van der Waals surface area contributed by atoms with Crippen LogP contribution in [0.3, 0.4) is 0 Å². The predicted molar refractivity (Wildman–Crippen MR) is 84.1 cm³/mol. The maximum absolute atomic E-state index is 10.1. The first kappa shape index (κ1) is 16.6. The molecule has 0 bridgehead atoms. The van der Waals surface area contributed by atoms with Crippen LogP contribution in [-0.2, 0) is 4.74 Å². The number of nitrogens with zero attached hydrogens (tertiary/aromatic N) is 1. The van der Waals surface area contributed by atoms with Gasteiger partial charge in [-0.1, -0.05) is 17.7 Å². The van der Waals surface area contributed by atoms with Crippen molar-refractivity contribution in [1.29, 1.82) is 0 Å². The SMILES string of the molecule is Cc1ccc(OCC(O)CN2CC(C)OC(C)C2)c(Cl)c1. The molecule has 1 heterocycles. The molecule has 0 saturated carbocycles. The Labute approximate surface area is 131 Å². The van der Waals surface area contributed by atoms with Crippen molar-refractivity contribution in [3.8, 4) is 5.75 Å². The molecular formula is C16H24ClNO3. The number of morpholine rings is 1. The van der Waals surface area contributed by atoms with Crippen LogP contribution in [0.4, 0.5) is 0 Å². The number of β-amino-alcohol motifs (C(OH)–C–C–N with tert-alkyl or cyclic N) is 1. The molecule has 1 aromatic rings. The van der Waals surface area contributed by atoms with E-state index in [1.807, 2.05) is 25.1 Å². The lowest BCUT2D eigenvalue weighted by Gasteiger charge is -2.36. The van der Waals surface area contributed by atoms with Crippen LogP contribution in [0.25, 0.3) is 0 Å². The zero-order chi connectivity index (χ0) is 15.4. The van der Waals surface area contributed by atoms with Crippen LogP contribution < -0.4 is 4.74 Å². The van der Waals surface area contributed by atoms with Gasteiger partial charge in [-0.05, 0) is 38.5 Å². The van der Waals surface area contributed by atoms with E-state index in [-0.39, 0.29) is 18.8 Å². The van der Waals surface area contributed by atoms with Crippen LogP contribution in [0.15, 0.2) is 18.2 Å². The summed E-state index contributed by atoms with van der Waals surface area (Å²) in [5, 5.41) is 10.7.